The normalized spacial score (nSPS) is 38.1. The largest absolute Gasteiger partial charge is 0.456 e. The van der Waals surface area contributed by atoms with E-state index in [1.165, 1.54) is 6.42 Å². The highest BCUT2D eigenvalue weighted by atomic mass is 16.6. The lowest BCUT2D eigenvalue weighted by molar-refractivity contribution is -0.210. The van der Waals surface area contributed by atoms with Gasteiger partial charge >= 0.3 is 5.97 Å². The van der Waals surface area contributed by atoms with Gasteiger partial charge in [-0.25, -0.2) is 4.79 Å². The van der Waals surface area contributed by atoms with Crippen LogP contribution in [0.1, 0.15) is 51.9 Å². The van der Waals surface area contributed by atoms with Crippen LogP contribution in [0.5, 0.6) is 0 Å². The van der Waals surface area contributed by atoms with Gasteiger partial charge < -0.3 is 19.7 Å². The summed E-state index contributed by atoms with van der Waals surface area (Å²) in [5, 5.41) is 18.4. The maximum Gasteiger partial charge on any atom is 0.333 e. The molecule has 4 fully saturated rings. The number of hydrogen-bond donors (Lipinski definition) is 2. The van der Waals surface area contributed by atoms with Crippen LogP contribution in [-0.4, -0.2) is 47.7 Å². The number of hydrogen-bond acceptors (Lipinski definition) is 5. The van der Waals surface area contributed by atoms with Crippen molar-refractivity contribution in [2.45, 2.75) is 63.6 Å². The minimum atomic E-state index is -0.352. The average Bonchev–Trinajstić information content (AvgIpc) is 2.49. The minimum absolute atomic E-state index is 0.0175. The smallest absolute Gasteiger partial charge is 0.333 e. The molecule has 5 heteroatoms. The molecule has 136 valence electrons. The Kier molecular flexibility index (Phi) is 5.05. The summed E-state index contributed by atoms with van der Waals surface area (Å²) >= 11 is 0. The monoisotopic (exact) mass is 338 g/mol. The van der Waals surface area contributed by atoms with E-state index >= 15 is 0 Å². The molecular weight excluding hydrogens is 308 g/mol. The van der Waals surface area contributed by atoms with Gasteiger partial charge in [-0.1, -0.05) is 6.58 Å². The van der Waals surface area contributed by atoms with E-state index in [1.807, 2.05) is 0 Å². The zero-order valence-electron chi connectivity index (χ0n) is 14.6. The van der Waals surface area contributed by atoms with E-state index in [0.29, 0.717) is 30.4 Å². The molecule has 4 bridgehead atoms. The van der Waals surface area contributed by atoms with Gasteiger partial charge in [0.25, 0.3) is 0 Å². The molecule has 0 aliphatic heterocycles. The number of carbonyl (C=O) groups excluding carboxylic acids is 1. The third kappa shape index (κ3) is 3.53. The number of esters is 1. The van der Waals surface area contributed by atoms with Crippen molar-refractivity contribution in [2.75, 3.05) is 19.8 Å². The van der Waals surface area contributed by atoms with Crippen molar-refractivity contribution in [2.24, 2.45) is 17.3 Å². The molecule has 4 aliphatic carbocycles. The summed E-state index contributed by atoms with van der Waals surface area (Å²) in [4.78, 5) is 12.1. The highest BCUT2D eigenvalue weighted by Gasteiger charge is 2.59. The summed E-state index contributed by atoms with van der Waals surface area (Å²) in [6.07, 6.45) is 6.39. The molecule has 0 heterocycles. The van der Waals surface area contributed by atoms with Gasteiger partial charge in [-0.15, -0.1) is 0 Å². The van der Waals surface area contributed by atoms with Gasteiger partial charge in [0.05, 0.1) is 19.3 Å². The molecule has 4 saturated carbocycles. The van der Waals surface area contributed by atoms with Crippen LogP contribution in [0, 0.1) is 17.3 Å². The number of rotatable bonds is 8. The Bertz CT molecular complexity index is 486. The van der Waals surface area contributed by atoms with Gasteiger partial charge in [-0.3, -0.25) is 0 Å². The Labute approximate surface area is 144 Å². The van der Waals surface area contributed by atoms with Gasteiger partial charge in [-0.05, 0) is 69.1 Å². The molecule has 0 aromatic rings. The highest BCUT2D eigenvalue weighted by Crippen LogP contribution is 2.63. The van der Waals surface area contributed by atoms with Crippen molar-refractivity contribution in [1.82, 2.24) is 0 Å². The molecule has 0 saturated heterocycles. The predicted molar refractivity (Wildman–Crippen MR) is 89.3 cm³/mol. The van der Waals surface area contributed by atoms with E-state index < -0.39 is 0 Å². The highest BCUT2D eigenvalue weighted by molar-refractivity contribution is 5.87. The summed E-state index contributed by atoms with van der Waals surface area (Å²) in [6.45, 7) is 5.94. The van der Waals surface area contributed by atoms with E-state index in [2.05, 4.69) is 6.58 Å². The fourth-order valence-corrected chi connectivity index (χ4v) is 5.60. The molecule has 2 N–H and O–H groups in total. The van der Waals surface area contributed by atoms with E-state index in [9.17, 15) is 9.90 Å². The molecule has 0 spiro atoms. The summed E-state index contributed by atoms with van der Waals surface area (Å²) in [5.74, 6) is 0.915. The Hall–Kier alpha value is -0.910. The molecule has 4 aliphatic rings. The van der Waals surface area contributed by atoms with Crippen molar-refractivity contribution in [3.8, 4) is 0 Å². The van der Waals surface area contributed by atoms with Crippen LogP contribution in [-0.2, 0) is 14.3 Å². The summed E-state index contributed by atoms with van der Waals surface area (Å²) in [6, 6.07) is 0. The summed E-state index contributed by atoms with van der Waals surface area (Å²) in [7, 11) is 0. The first kappa shape index (κ1) is 17.9. The molecule has 0 amide bonds. The molecule has 3 unspecified atom stereocenters. The quantitative estimate of drug-likeness (QED) is 0.524. The Morgan fingerprint density at radius 1 is 1.25 bits per heavy atom. The molecule has 0 aromatic heterocycles. The maximum atomic E-state index is 12.1. The SMILES string of the molecule is C=C(C)C(=O)OC12CC3CC(CC(COC(CO)CCO)(C3)C1)C2. The topological polar surface area (TPSA) is 76.0 Å². The number of ether oxygens (including phenoxy) is 2. The predicted octanol–water partition coefficient (Wildman–Crippen LogP) is 2.20. The average molecular weight is 338 g/mol. The van der Waals surface area contributed by atoms with E-state index in [0.717, 1.165) is 32.1 Å². The van der Waals surface area contributed by atoms with Crippen LogP contribution < -0.4 is 0 Å². The Morgan fingerprint density at radius 3 is 2.46 bits per heavy atom. The van der Waals surface area contributed by atoms with Crippen LogP contribution in [0.15, 0.2) is 12.2 Å². The number of aliphatic hydroxyl groups excluding tert-OH is 2. The van der Waals surface area contributed by atoms with E-state index in [4.69, 9.17) is 14.6 Å². The first-order chi connectivity index (χ1) is 11.4. The second kappa shape index (κ2) is 6.77. The molecular formula is C19H30O5. The first-order valence-electron chi connectivity index (χ1n) is 9.11. The van der Waals surface area contributed by atoms with Crippen molar-refractivity contribution in [3.63, 3.8) is 0 Å². The van der Waals surface area contributed by atoms with Crippen LogP contribution in [0.2, 0.25) is 0 Å². The Morgan fingerprint density at radius 2 is 1.92 bits per heavy atom. The Balaban J connectivity index is 1.70. The van der Waals surface area contributed by atoms with Crippen molar-refractivity contribution < 1.29 is 24.5 Å². The number of carbonyl (C=O) groups is 1. The van der Waals surface area contributed by atoms with E-state index in [-0.39, 0.29) is 36.3 Å². The lowest BCUT2D eigenvalue weighted by Gasteiger charge is -2.61. The molecule has 0 radical (unpaired) electrons. The van der Waals surface area contributed by atoms with Crippen molar-refractivity contribution >= 4 is 5.97 Å². The lowest BCUT2D eigenvalue weighted by atomic mass is 9.48. The van der Waals surface area contributed by atoms with Crippen LogP contribution in [0.4, 0.5) is 0 Å². The van der Waals surface area contributed by atoms with Crippen molar-refractivity contribution in [3.05, 3.63) is 12.2 Å². The maximum absolute atomic E-state index is 12.1. The molecule has 0 aromatic carbocycles. The third-order valence-corrected chi connectivity index (χ3v) is 6.07. The van der Waals surface area contributed by atoms with Crippen molar-refractivity contribution in [1.29, 1.82) is 0 Å². The minimum Gasteiger partial charge on any atom is -0.456 e. The second-order valence-electron chi connectivity index (χ2n) is 8.44. The fraction of sp³-hybridized carbons (Fsp3) is 0.842. The standard InChI is InChI=1S/C19H30O5/c1-13(2)17(22)24-19-8-14-5-15(9-19)7-18(6-14,11-19)12-23-16(10-21)3-4-20/h14-16,20-21H,1,3-12H2,2H3. The summed E-state index contributed by atoms with van der Waals surface area (Å²) < 4.78 is 11.9. The first-order valence-corrected chi connectivity index (χ1v) is 9.11. The van der Waals surface area contributed by atoms with E-state index in [1.54, 1.807) is 6.92 Å². The lowest BCUT2D eigenvalue weighted by Crippen LogP contribution is -2.59. The van der Waals surface area contributed by atoms with Gasteiger partial charge in [0.15, 0.2) is 0 Å². The third-order valence-electron chi connectivity index (χ3n) is 6.07. The molecule has 4 rings (SSSR count). The van der Waals surface area contributed by atoms with Gasteiger partial charge in [0.2, 0.25) is 0 Å². The van der Waals surface area contributed by atoms with Crippen LogP contribution in [0.3, 0.4) is 0 Å². The van der Waals surface area contributed by atoms with Gasteiger partial charge in [0, 0.05) is 12.2 Å². The van der Waals surface area contributed by atoms with Crippen LogP contribution >= 0.6 is 0 Å². The van der Waals surface area contributed by atoms with Gasteiger partial charge in [0.1, 0.15) is 5.60 Å². The zero-order chi connectivity index (χ0) is 17.4. The fourth-order valence-electron chi connectivity index (χ4n) is 5.60. The molecule has 3 atom stereocenters. The zero-order valence-corrected chi connectivity index (χ0v) is 14.6. The summed E-state index contributed by atoms with van der Waals surface area (Å²) in [5.41, 5.74) is 0.150. The molecule has 24 heavy (non-hydrogen) atoms. The van der Waals surface area contributed by atoms with Gasteiger partial charge in [-0.2, -0.15) is 0 Å². The number of aliphatic hydroxyl groups is 2. The van der Waals surface area contributed by atoms with Crippen LogP contribution in [0.25, 0.3) is 0 Å². The molecule has 5 nitrogen and oxygen atoms in total. The second-order valence-corrected chi connectivity index (χ2v) is 8.44.